The van der Waals surface area contributed by atoms with Crippen LogP contribution >= 0.6 is 0 Å². The van der Waals surface area contributed by atoms with Crippen molar-refractivity contribution < 1.29 is 0 Å². The zero-order valence-corrected chi connectivity index (χ0v) is 12.7. The molecule has 0 unspecified atom stereocenters. The predicted octanol–water partition coefficient (Wildman–Crippen LogP) is 1.38. The van der Waals surface area contributed by atoms with Crippen LogP contribution in [0.25, 0.3) is 0 Å². The van der Waals surface area contributed by atoms with Crippen LogP contribution < -0.4 is 15.5 Å². The summed E-state index contributed by atoms with van der Waals surface area (Å²) in [4.78, 5) is 11.3. The smallest absolute Gasteiger partial charge is 0.229 e. The molecule has 0 aromatic carbocycles. The fraction of sp³-hybridized carbons (Fsp3) is 0.533. The molecule has 7 nitrogen and oxygen atoms in total. The Morgan fingerprint density at radius 3 is 2.86 bits per heavy atom. The maximum absolute atomic E-state index is 4.66. The van der Waals surface area contributed by atoms with E-state index in [1.54, 1.807) is 6.20 Å². The van der Waals surface area contributed by atoms with Gasteiger partial charge in [-0.15, -0.1) is 0 Å². The van der Waals surface area contributed by atoms with Gasteiger partial charge in [0.25, 0.3) is 0 Å². The molecule has 0 spiro atoms. The number of nitrogens with zero attached hydrogens (tertiary/aromatic N) is 5. The van der Waals surface area contributed by atoms with E-state index in [1.165, 1.54) is 12.8 Å². The second-order valence-corrected chi connectivity index (χ2v) is 5.99. The highest BCUT2D eigenvalue weighted by molar-refractivity contribution is 5.53. The van der Waals surface area contributed by atoms with Crippen LogP contribution in [-0.4, -0.2) is 44.9 Å². The highest BCUT2D eigenvalue weighted by Crippen LogP contribution is 2.24. The van der Waals surface area contributed by atoms with E-state index in [-0.39, 0.29) is 0 Å². The molecule has 2 atom stereocenters. The topological polar surface area (TPSA) is 70.9 Å². The van der Waals surface area contributed by atoms with E-state index in [2.05, 4.69) is 37.5 Å². The normalized spacial score (nSPS) is 23.8. The van der Waals surface area contributed by atoms with Gasteiger partial charge in [-0.3, -0.25) is 4.68 Å². The molecule has 0 aliphatic carbocycles. The minimum atomic E-state index is 0.605. The van der Waals surface area contributed by atoms with Crippen molar-refractivity contribution in [3.63, 3.8) is 0 Å². The zero-order chi connectivity index (χ0) is 14.9. The molecular weight excluding hydrogens is 278 g/mol. The van der Waals surface area contributed by atoms with Gasteiger partial charge in [0, 0.05) is 44.1 Å². The second-order valence-electron chi connectivity index (χ2n) is 5.99. The van der Waals surface area contributed by atoms with Crippen LogP contribution in [0.5, 0.6) is 0 Å². The predicted molar refractivity (Wildman–Crippen MR) is 85.4 cm³/mol. The summed E-state index contributed by atoms with van der Waals surface area (Å²) in [6, 6.07) is 3.20. The van der Waals surface area contributed by atoms with Crippen LogP contribution in [0, 0.1) is 0 Å². The van der Waals surface area contributed by atoms with Gasteiger partial charge >= 0.3 is 0 Å². The Labute approximate surface area is 129 Å². The standard InChI is InChI=1S/C15H21N7/c1-2-22-10-13(7-17-22)19-15-16-6-5-14(20-15)21-8-11-3-4-12(9-21)18-11/h5-7,10-12,18H,2-4,8-9H2,1H3,(H,16,19,20)/t11-,12+. The number of hydrogen-bond donors (Lipinski definition) is 2. The number of anilines is 3. The van der Waals surface area contributed by atoms with E-state index in [0.717, 1.165) is 31.1 Å². The first-order valence-corrected chi connectivity index (χ1v) is 7.93. The van der Waals surface area contributed by atoms with Gasteiger partial charge in [0.15, 0.2) is 0 Å². The highest BCUT2D eigenvalue weighted by Gasteiger charge is 2.32. The van der Waals surface area contributed by atoms with Crippen molar-refractivity contribution in [2.24, 2.45) is 0 Å². The molecule has 2 fully saturated rings. The average Bonchev–Trinajstić information content (AvgIpc) is 3.13. The van der Waals surface area contributed by atoms with E-state index < -0.39 is 0 Å². The third-order valence-corrected chi connectivity index (χ3v) is 4.39. The molecular formula is C15H21N7. The van der Waals surface area contributed by atoms with Crippen LogP contribution in [0.15, 0.2) is 24.7 Å². The summed E-state index contributed by atoms with van der Waals surface area (Å²) in [5, 5.41) is 11.1. The quantitative estimate of drug-likeness (QED) is 0.889. The van der Waals surface area contributed by atoms with Crippen molar-refractivity contribution >= 4 is 17.5 Å². The highest BCUT2D eigenvalue weighted by atomic mass is 15.3. The monoisotopic (exact) mass is 299 g/mol. The second kappa shape index (κ2) is 5.57. The molecule has 0 amide bonds. The van der Waals surface area contributed by atoms with Crippen molar-refractivity contribution in [3.8, 4) is 0 Å². The van der Waals surface area contributed by atoms with E-state index in [0.29, 0.717) is 18.0 Å². The minimum Gasteiger partial charge on any atom is -0.353 e. The van der Waals surface area contributed by atoms with Crippen molar-refractivity contribution in [2.45, 2.75) is 38.4 Å². The molecule has 4 heterocycles. The van der Waals surface area contributed by atoms with Gasteiger partial charge in [-0.1, -0.05) is 0 Å². The molecule has 2 aliphatic heterocycles. The maximum atomic E-state index is 4.66. The van der Waals surface area contributed by atoms with Gasteiger partial charge in [0.05, 0.1) is 11.9 Å². The fourth-order valence-corrected chi connectivity index (χ4v) is 3.30. The number of aromatic nitrogens is 4. The summed E-state index contributed by atoms with van der Waals surface area (Å²) in [7, 11) is 0. The summed E-state index contributed by atoms with van der Waals surface area (Å²) >= 11 is 0. The van der Waals surface area contributed by atoms with Gasteiger partial charge in [0.1, 0.15) is 5.82 Å². The number of hydrogen-bond acceptors (Lipinski definition) is 6. The van der Waals surface area contributed by atoms with Crippen LogP contribution in [0.1, 0.15) is 19.8 Å². The number of fused-ring (bicyclic) bond motifs is 2. The van der Waals surface area contributed by atoms with E-state index >= 15 is 0 Å². The van der Waals surface area contributed by atoms with Gasteiger partial charge in [0.2, 0.25) is 5.95 Å². The Balaban J connectivity index is 1.50. The lowest BCUT2D eigenvalue weighted by molar-refractivity contribution is 0.463. The molecule has 2 aromatic rings. The van der Waals surface area contributed by atoms with Crippen LogP contribution in [-0.2, 0) is 6.54 Å². The van der Waals surface area contributed by atoms with E-state index in [4.69, 9.17) is 0 Å². The van der Waals surface area contributed by atoms with E-state index in [9.17, 15) is 0 Å². The number of rotatable bonds is 4. The first-order chi connectivity index (χ1) is 10.8. The van der Waals surface area contributed by atoms with Gasteiger partial charge in [-0.25, -0.2) is 4.98 Å². The molecule has 2 aromatic heterocycles. The first kappa shape index (κ1) is 13.5. The van der Waals surface area contributed by atoms with Gasteiger partial charge in [-0.2, -0.15) is 10.1 Å². The minimum absolute atomic E-state index is 0.605. The lowest BCUT2D eigenvalue weighted by Crippen LogP contribution is -2.51. The Bertz CT molecular complexity index is 641. The van der Waals surface area contributed by atoms with Crippen LogP contribution in [0.4, 0.5) is 17.5 Å². The summed E-state index contributed by atoms with van der Waals surface area (Å²) in [6.07, 6.45) is 8.12. The van der Waals surface area contributed by atoms with Gasteiger partial charge < -0.3 is 15.5 Å². The van der Waals surface area contributed by atoms with Crippen molar-refractivity contribution in [2.75, 3.05) is 23.3 Å². The van der Waals surface area contributed by atoms with Crippen molar-refractivity contribution in [3.05, 3.63) is 24.7 Å². The Morgan fingerprint density at radius 1 is 1.32 bits per heavy atom. The lowest BCUT2D eigenvalue weighted by Gasteiger charge is -2.33. The maximum Gasteiger partial charge on any atom is 0.229 e. The summed E-state index contributed by atoms with van der Waals surface area (Å²) in [5.41, 5.74) is 0.916. The molecule has 7 heteroatoms. The molecule has 0 saturated carbocycles. The largest absolute Gasteiger partial charge is 0.353 e. The molecule has 2 N–H and O–H groups in total. The average molecular weight is 299 g/mol. The lowest BCUT2D eigenvalue weighted by atomic mass is 10.2. The molecule has 4 rings (SSSR count). The van der Waals surface area contributed by atoms with Crippen molar-refractivity contribution in [1.29, 1.82) is 0 Å². The Kier molecular flexibility index (Phi) is 3.42. The Hall–Kier alpha value is -2.15. The third-order valence-electron chi connectivity index (χ3n) is 4.39. The van der Waals surface area contributed by atoms with E-state index in [1.807, 2.05) is 23.1 Å². The number of nitrogens with one attached hydrogen (secondary N) is 2. The summed E-state index contributed by atoms with van der Waals surface area (Å²) < 4.78 is 1.88. The SMILES string of the molecule is CCn1cc(Nc2nccc(N3C[C@H]4CC[C@@H](C3)N4)n2)cn1. The summed E-state index contributed by atoms with van der Waals surface area (Å²) in [6.45, 7) is 4.97. The van der Waals surface area contributed by atoms with Crippen LogP contribution in [0.2, 0.25) is 0 Å². The number of aryl methyl sites for hydroxylation is 1. The first-order valence-electron chi connectivity index (χ1n) is 7.93. The van der Waals surface area contributed by atoms with Gasteiger partial charge in [-0.05, 0) is 25.8 Å². The Morgan fingerprint density at radius 2 is 2.14 bits per heavy atom. The molecule has 22 heavy (non-hydrogen) atoms. The molecule has 2 bridgehead atoms. The summed E-state index contributed by atoms with van der Waals surface area (Å²) in [5.74, 6) is 1.62. The van der Waals surface area contributed by atoms with Crippen molar-refractivity contribution in [1.82, 2.24) is 25.1 Å². The molecule has 2 aliphatic rings. The molecule has 0 radical (unpaired) electrons. The zero-order valence-electron chi connectivity index (χ0n) is 12.7. The number of piperazine rings is 1. The third kappa shape index (κ3) is 2.64. The molecule has 116 valence electrons. The fourth-order valence-electron chi connectivity index (χ4n) is 3.30. The van der Waals surface area contributed by atoms with Crippen LogP contribution in [0.3, 0.4) is 0 Å². The molecule has 2 saturated heterocycles.